The highest BCUT2D eigenvalue weighted by molar-refractivity contribution is 4.47. The predicted molar refractivity (Wildman–Crippen MR) is 115 cm³/mol. The summed E-state index contributed by atoms with van der Waals surface area (Å²) < 4.78 is 22.1. The molecule has 0 heterocycles. The van der Waals surface area contributed by atoms with Crippen LogP contribution in [-0.4, -0.2) is 52.9 Å². The molecule has 0 aliphatic carbocycles. The molecule has 164 valence electrons. The average Bonchev–Trinajstić information content (AvgIpc) is 2.68. The van der Waals surface area contributed by atoms with Gasteiger partial charge in [0.15, 0.2) is 0 Å². The Morgan fingerprint density at radius 2 is 0.556 bits per heavy atom. The molecule has 0 aliphatic heterocycles. The van der Waals surface area contributed by atoms with Crippen molar-refractivity contribution < 1.29 is 18.9 Å². The summed E-state index contributed by atoms with van der Waals surface area (Å²) in [5, 5.41) is 0. The summed E-state index contributed by atoms with van der Waals surface area (Å²) in [6.07, 6.45) is 17.3. The fourth-order valence-corrected chi connectivity index (χ4v) is 2.91. The van der Waals surface area contributed by atoms with Crippen LogP contribution in [0.25, 0.3) is 0 Å². The number of hydrogen-bond donors (Lipinski definition) is 0. The van der Waals surface area contributed by atoms with Gasteiger partial charge in [0.2, 0.25) is 0 Å². The van der Waals surface area contributed by atoms with Gasteiger partial charge in [-0.2, -0.15) is 0 Å². The summed E-state index contributed by atoms with van der Waals surface area (Å²) in [6, 6.07) is 0. The lowest BCUT2D eigenvalue weighted by Crippen LogP contribution is -2.12. The van der Waals surface area contributed by atoms with Crippen molar-refractivity contribution in [2.24, 2.45) is 0 Å². The monoisotopic (exact) mass is 388 g/mol. The molecule has 0 radical (unpaired) electrons. The number of ether oxygens (including phenoxy) is 4. The number of rotatable bonds is 24. The minimum atomic E-state index is 0.636. The quantitative estimate of drug-likeness (QED) is 0.185. The summed E-state index contributed by atoms with van der Waals surface area (Å²) in [6.45, 7) is 10.2. The first kappa shape index (κ1) is 26.8. The molecular weight excluding hydrogens is 340 g/mol. The van der Waals surface area contributed by atoms with Gasteiger partial charge in [-0.25, -0.2) is 0 Å². The summed E-state index contributed by atoms with van der Waals surface area (Å²) in [5.74, 6) is 0. The van der Waals surface area contributed by atoms with Crippen LogP contribution in [0.5, 0.6) is 0 Å². The molecule has 0 spiro atoms. The third-order valence-electron chi connectivity index (χ3n) is 4.65. The molecule has 0 aliphatic rings. The van der Waals surface area contributed by atoms with E-state index < -0.39 is 0 Å². The Hall–Kier alpha value is -0.160. The van der Waals surface area contributed by atoms with Gasteiger partial charge in [0, 0.05) is 13.2 Å². The fraction of sp³-hybridized carbons (Fsp3) is 1.00. The first-order valence-electron chi connectivity index (χ1n) is 11.7. The molecule has 0 saturated carbocycles. The van der Waals surface area contributed by atoms with E-state index in [1.165, 1.54) is 77.0 Å². The Bertz CT molecular complexity index is 225. The van der Waals surface area contributed by atoms with Crippen molar-refractivity contribution in [3.05, 3.63) is 0 Å². The Labute approximate surface area is 169 Å². The lowest BCUT2D eigenvalue weighted by molar-refractivity contribution is -0.00246. The van der Waals surface area contributed by atoms with E-state index in [0.29, 0.717) is 39.6 Å². The summed E-state index contributed by atoms with van der Waals surface area (Å²) in [5.41, 5.74) is 0. The van der Waals surface area contributed by atoms with E-state index in [1.54, 1.807) is 0 Å². The van der Waals surface area contributed by atoms with E-state index in [9.17, 15) is 0 Å². The molecule has 4 heteroatoms. The van der Waals surface area contributed by atoms with Gasteiger partial charge < -0.3 is 18.9 Å². The molecule has 0 rings (SSSR count). The first-order chi connectivity index (χ1) is 13.4. The van der Waals surface area contributed by atoms with E-state index in [4.69, 9.17) is 18.9 Å². The maximum absolute atomic E-state index is 5.61. The normalized spacial score (nSPS) is 11.3. The van der Waals surface area contributed by atoms with Crippen LogP contribution in [0.4, 0.5) is 0 Å². The van der Waals surface area contributed by atoms with Gasteiger partial charge in [-0.3, -0.25) is 0 Å². The van der Waals surface area contributed by atoms with E-state index in [2.05, 4.69) is 13.8 Å². The molecule has 27 heavy (non-hydrogen) atoms. The van der Waals surface area contributed by atoms with Crippen molar-refractivity contribution in [2.45, 2.75) is 97.3 Å². The molecule has 0 aromatic heterocycles. The largest absolute Gasteiger partial charge is 0.379 e. The Kier molecular flexibility index (Phi) is 25.7. The second kappa shape index (κ2) is 25.8. The van der Waals surface area contributed by atoms with Crippen LogP contribution in [0.1, 0.15) is 97.3 Å². The van der Waals surface area contributed by atoms with Crippen LogP contribution in [0, 0.1) is 0 Å². The van der Waals surface area contributed by atoms with Crippen LogP contribution < -0.4 is 0 Å². The van der Waals surface area contributed by atoms with Crippen molar-refractivity contribution in [3.8, 4) is 0 Å². The van der Waals surface area contributed by atoms with Crippen LogP contribution in [-0.2, 0) is 18.9 Å². The molecule has 0 atom stereocenters. The Morgan fingerprint density at radius 3 is 0.963 bits per heavy atom. The third-order valence-corrected chi connectivity index (χ3v) is 4.65. The minimum absolute atomic E-state index is 0.636. The van der Waals surface area contributed by atoms with Crippen molar-refractivity contribution >= 4 is 0 Å². The molecule has 0 fully saturated rings. The lowest BCUT2D eigenvalue weighted by atomic mass is 10.1. The van der Waals surface area contributed by atoms with Gasteiger partial charge in [-0.05, 0) is 12.8 Å². The summed E-state index contributed by atoms with van der Waals surface area (Å²) in [4.78, 5) is 0. The first-order valence-corrected chi connectivity index (χ1v) is 11.7. The Balaban J connectivity index is 2.95. The van der Waals surface area contributed by atoms with Crippen LogP contribution in [0.3, 0.4) is 0 Å². The number of unbranched alkanes of at least 4 members (excludes halogenated alkanes) is 11. The molecule has 0 bridgehead atoms. The molecule has 0 aromatic rings. The zero-order chi connectivity index (χ0) is 19.7. The van der Waals surface area contributed by atoms with Gasteiger partial charge in [-0.15, -0.1) is 0 Å². The van der Waals surface area contributed by atoms with Crippen molar-refractivity contribution in [3.63, 3.8) is 0 Å². The van der Waals surface area contributed by atoms with Gasteiger partial charge in [-0.1, -0.05) is 84.5 Å². The molecule has 0 amide bonds. The van der Waals surface area contributed by atoms with Gasteiger partial charge in [0.25, 0.3) is 0 Å². The van der Waals surface area contributed by atoms with Crippen LogP contribution in [0.2, 0.25) is 0 Å². The van der Waals surface area contributed by atoms with E-state index >= 15 is 0 Å². The molecule has 0 saturated heterocycles. The summed E-state index contributed by atoms with van der Waals surface area (Å²) in [7, 11) is 0. The SMILES string of the molecule is CCCCCCCCCCCCOCCOCCOCCOCCCCC. The van der Waals surface area contributed by atoms with Crippen LogP contribution >= 0.6 is 0 Å². The zero-order valence-corrected chi connectivity index (χ0v) is 18.5. The lowest BCUT2D eigenvalue weighted by Gasteiger charge is -2.07. The highest BCUT2D eigenvalue weighted by atomic mass is 16.6. The Morgan fingerprint density at radius 1 is 0.296 bits per heavy atom. The highest BCUT2D eigenvalue weighted by Crippen LogP contribution is 2.10. The molecular formula is C23H48O4. The molecule has 0 aromatic carbocycles. The topological polar surface area (TPSA) is 36.9 Å². The van der Waals surface area contributed by atoms with Gasteiger partial charge in [0.05, 0.1) is 39.6 Å². The van der Waals surface area contributed by atoms with E-state index in [0.717, 1.165) is 19.6 Å². The van der Waals surface area contributed by atoms with Crippen molar-refractivity contribution in [1.29, 1.82) is 0 Å². The van der Waals surface area contributed by atoms with Gasteiger partial charge in [0.1, 0.15) is 0 Å². The maximum Gasteiger partial charge on any atom is 0.0701 e. The number of hydrogen-bond acceptors (Lipinski definition) is 4. The average molecular weight is 389 g/mol. The smallest absolute Gasteiger partial charge is 0.0701 e. The second-order valence-electron chi connectivity index (χ2n) is 7.34. The molecule has 0 N–H and O–H groups in total. The third kappa shape index (κ3) is 25.8. The molecule has 4 nitrogen and oxygen atoms in total. The fourth-order valence-electron chi connectivity index (χ4n) is 2.91. The predicted octanol–water partition coefficient (Wildman–Crippen LogP) is 6.16. The van der Waals surface area contributed by atoms with Crippen molar-refractivity contribution in [1.82, 2.24) is 0 Å². The molecule has 0 unspecified atom stereocenters. The minimum Gasteiger partial charge on any atom is -0.379 e. The zero-order valence-electron chi connectivity index (χ0n) is 18.5. The maximum atomic E-state index is 5.61. The van der Waals surface area contributed by atoms with Crippen molar-refractivity contribution in [2.75, 3.05) is 52.9 Å². The highest BCUT2D eigenvalue weighted by Gasteiger charge is 1.95. The van der Waals surface area contributed by atoms with E-state index in [-0.39, 0.29) is 0 Å². The van der Waals surface area contributed by atoms with Gasteiger partial charge >= 0.3 is 0 Å². The summed E-state index contributed by atoms with van der Waals surface area (Å²) >= 11 is 0. The standard InChI is InChI=1S/C23H48O4/c1-3-5-7-8-9-10-11-12-13-15-17-25-19-21-27-23-22-26-20-18-24-16-14-6-4-2/h3-23H2,1-2H3. The second-order valence-corrected chi connectivity index (χ2v) is 7.34. The van der Waals surface area contributed by atoms with E-state index in [1.807, 2.05) is 0 Å². The van der Waals surface area contributed by atoms with Crippen LogP contribution in [0.15, 0.2) is 0 Å².